The van der Waals surface area contributed by atoms with E-state index in [9.17, 15) is 9.90 Å². The second-order valence-electron chi connectivity index (χ2n) is 11.7. The van der Waals surface area contributed by atoms with Gasteiger partial charge in [-0.3, -0.25) is 4.79 Å². The van der Waals surface area contributed by atoms with Crippen molar-refractivity contribution in [2.75, 3.05) is 0 Å². The third kappa shape index (κ3) is 5.68. The molecule has 0 atom stereocenters. The summed E-state index contributed by atoms with van der Waals surface area (Å²) in [5, 5.41) is 17.3. The van der Waals surface area contributed by atoms with Crippen molar-refractivity contribution in [3.05, 3.63) is 90.8 Å². The number of aliphatic hydroxyl groups excluding tert-OH is 1. The second-order valence-corrected chi connectivity index (χ2v) is 12.8. The molecule has 0 fully saturated rings. The number of ketones is 1. The van der Waals surface area contributed by atoms with E-state index >= 15 is 0 Å². The van der Waals surface area contributed by atoms with E-state index < -0.39 is 5.41 Å². The number of pyridine rings is 1. The molecule has 0 bridgehead atoms. The molecule has 2 heterocycles. The van der Waals surface area contributed by atoms with Gasteiger partial charge in [0.05, 0.1) is 0 Å². The van der Waals surface area contributed by atoms with E-state index in [2.05, 4.69) is 60.7 Å². The summed E-state index contributed by atoms with van der Waals surface area (Å²) < 4.78 is 0. The van der Waals surface area contributed by atoms with Gasteiger partial charge < -0.3 is 10.1 Å². The molecular weight excluding hydrogens is 679 g/mol. The van der Waals surface area contributed by atoms with E-state index in [1.807, 2.05) is 71.6 Å². The maximum absolute atomic E-state index is 11.5. The number of benzene rings is 4. The van der Waals surface area contributed by atoms with Gasteiger partial charge in [-0.15, -0.1) is 41.6 Å². The number of fused-ring (bicyclic) bond motifs is 6. The quantitative estimate of drug-likeness (QED) is 0.0800. The Balaban J connectivity index is 0.000000219. The molecule has 39 heavy (non-hydrogen) atoms. The Labute approximate surface area is 248 Å². The van der Waals surface area contributed by atoms with Gasteiger partial charge in [-0.2, -0.15) is 0 Å². The molecule has 201 valence electrons. The first-order valence-electron chi connectivity index (χ1n) is 12.8. The zero-order chi connectivity index (χ0) is 27.2. The van der Waals surface area contributed by atoms with E-state index in [-0.39, 0.29) is 37.1 Å². The van der Waals surface area contributed by atoms with Crippen LogP contribution in [0.5, 0.6) is 0 Å². The largest absolute Gasteiger partial charge is 0.512 e. The molecule has 0 saturated carbocycles. The van der Waals surface area contributed by atoms with Gasteiger partial charge in [-0.1, -0.05) is 82.8 Å². The summed E-state index contributed by atoms with van der Waals surface area (Å²) in [4.78, 5) is 18.7. The maximum atomic E-state index is 11.5. The minimum Gasteiger partial charge on any atom is -0.512 e. The zero-order valence-corrected chi connectivity index (χ0v) is 26.3. The average Bonchev–Trinajstić information content (AvgIpc) is 2.88. The van der Waals surface area contributed by atoms with Crippen molar-refractivity contribution in [1.82, 2.24) is 4.98 Å². The van der Waals surface area contributed by atoms with Gasteiger partial charge in [0.15, 0.2) is 5.78 Å². The number of hydrogen-bond acceptors (Lipinski definition) is 4. The molecule has 3 nitrogen and oxygen atoms in total. The van der Waals surface area contributed by atoms with Gasteiger partial charge >= 0.3 is 0 Å². The smallest absolute Gasteiger partial charge is 0.164 e. The van der Waals surface area contributed by atoms with E-state index in [4.69, 9.17) is 4.98 Å². The third-order valence-electron chi connectivity index (χ3n) is 6.78. The maximum Gasteiger partial charge on any atom is 0.164 e. The second kappa shape index (κ2) is 10.9. The third-order valence-corrected chi connectivity index (χ3v) is 7.89. The monoisotopic (exact) mass is 711 g/mol. The van der Waals surface area contributed by atoms with Crippen molar-refractivity contribution in [1.29, 1.82) is 0 Å². The number of allylic oxidation sites excluding steroid dienone is 2. The van der Waals surface area contributed by atoms with Crippen molar-refractivity contribution >= 4 is 49.9 Å². The number of aromatic nitrogens is 1. The molecule has 0 spiro atoms. The van der Waals surface area contributed by atoms with Crippen molar-refractivity contribution in [2.24, 2.45) is 10.8 Å². The molecule has 6 rings (SSSR count). The van der Waals surface area contributed by atoms with Gasteiger partial charge in [0, 0.05) is 48.1 Å². The Hall–Kier alpha value is -2.98. The first-order valence-corrected chi connectivity index (χ1v) is 13.6. The van der Waals surface area contributed by atoms with Crippen molar-refractivity contribution in [3.8, 4) is 11.3 Å². The van der Waals surface area contributed by atoms with Crippen LogP contribution in [0.15, 0.2) is 94.6 Å². The summed E-state index contributed by atoms with van der Waals surface area (Å²) in [6.07, 6.45) is 3.26. The van der Waals surface area contributed by atoms with E-state index in [1.165, 1.54) is 48.2 Å². The summed E-state index contributed by atoms with van der Waals surface area (Å²) in [7, 11) is 0. The van der Waals surface area contributed by atoms with Crippen LogP contribution in [0.3, 0.4) is 0 Å². The van der Waals surface area contributed by atoms with Crippen LogP contribution in [0, 0.1) is 16.9 Å². The van der Waals surface area contributed by atoms with Crippen LogP contribution in [0.25, 0.3) is 43.6 Å². The summed E-state index contributed by atoms with van der Waals surface area (Å²) in [5.74, 6) is 0.104. The first-order chi connectivity index (χ1) is 17.9. The Morgan fingerprint density at radius 1 is 0.846 bits per heavy atom. The number of hydrogen-bond donors (Lipinski definition) is 1. The fourth-order valence-corrected chi connectivity index (χ4v) is 5.59. The van der Waals surface area contributed by atoms with Crippen LogP contribution < -0.4 is 0 Å². The molecule has 5 heteroatoms. The molecular formula is C34H32IrNO2S-. The van der Waals surface area contributed by atoms with Crippen LogP contribution >= 0.6 is 11.8 Å². The topological polar surface area (TPSA) is 50.2 Å². The number of carbonyl (C=O) groups is 1. The molecule has 0 amide bonds. The molecule has 1 aromatic heterocycles. The van der Waals surface area contributed by atoms with Crippen molar-refractivity contribution < 1.29 is 30.0 Å². The molecule has 1 aliphatic rings. The Bertz CT molecular complexity index is 1740. The Morgan fingerprint density at radius 3 is 2.31 bits per heavy atom. The minimum absolute atomic E-state index is 0. The van der Waals surface area contributed by atoms with E-state index in [1.54, 1.807) is 0 Å². The Kier molecular flexibility index (Phi) is 8.10. The SMILES string of the molecule is CC(C)(C)C(=O)/C=C(\O)C(C)(C)C.[Ir].[c-]1cccc2c1-c1nccc3c1c(cc1c4ccccc4ccc31)S2. The summed E-state index contributed by atoms with van der Waals surface area (Å²) >= 11 is 1.83. The number of carbonyl (C=O) groups excluding carboxylic acids is 1. The van der Waals surface area contributed by atoms with Crippen LogP contribution in [0.4, 0.5) is 0 Å². The minimum atomic E-state index is -0.417. The summed E-state index contributed by atoms with van der Waals surface area (Å²) in [6.45, 7) is 11.1. The number of aliphatic hydroxyl groups is 1. The summed E-state index contributed by atoms with van der Waals surface area (Å²) in [5.41, 5.74) is 1.41. The van der Waals surface area contributed by atoms with Crippen molar-refractivity contribution in [2.45, 2.75) is 51.3 Å². The molecule has 1 aliphatic heterocycles. The molecule has 4 aromatic carbocycles. The fraction of sp³-hybridized carbons (Fsp3) is 0.235. The molecule has 0 unspecified atom stereocenters. The van der Waals surface area contributed by atoms with Crippen molar-refractivity contribution in [3.63, 3.8) is 0 Å². The predicted molar refractivity (Wildman–Crippen MR) is 160 cm³/mol. The standard InChI is InChI=1S/C23H12NS.C11H20O2.Ir/c1-2-6-15-14(5-1)9-10-16-17-11-12-24-23-18-7-3-4-8-20(18)25-21(22(17)23)13-19(15)16;1-10(2,3)8(12)7-9(13)11(4,5)6;/h1-6,8-13H;7,12H,1-6H3;/q-1;;/b;8-7-;. The Morgan fingerprint density at radius 2 is 1.59 bits per heavy atom. The van der Waals surface area contributed by atoms with Crippen LogP contribution in [-0.2, 0) is 24.9 Å². The number of rotatable bonds is 1. The number of nitrogens with zero attached hydrogens (tertiary/aromatic N) is 1. The predicted octanol–water partition coefficient (Wildman–Crippen LogP) is 9.56. The van der Waals surface area contributed by atoms with E-state index in [0.29, 0.717) is 0 Å². The molecule has 0 aliphatic carbocycles. The average molecular weight is 711 g/mol. The fourth-order valence-electron chi connectivity index (χ4n) is 4.46. The normalized spacial score (nSPS) is 12.9. The molecule has 0 saturated heterocycles. The first kappa shape index (κ1) is 29.0. The van der Waals surface area contributed by atoms with Crippen LogP contribution in [-0.4, -0.2) is 15.9 Å². The zero-order valence-electron chi connectivity index (χ0n) is 23.0. The van der Waals surface area contributed by atoms with Gasteiger partial charge in [0.2, 0.25) is 0 Å². The van der Waals surface area contributed by atoms with E-state index in [0.717, 1.165) is 11.3 Å². The van der Waals surface area contributed by atoms with Crippen LogP contribution in [0.2, 0.25) is 0 Å². The van der Waals surface area contributed by atoms with Gasteiger partial charge in [0.25, 0.3) is 0 Å². The molecule has 1 N–H and O–H groups in total. The van der Waals surface area contributed by atoms with Crippen LogP contribution in [0.1, 0.15) is 41.5 Å². The van der Waals surface area contributed by atoms with Gasteiger partial charge in [-0.05, 0) is 50.1 Å². The molecule has 5 aromatic rings. The summed E-state index contributed by atoms with van der Waals surface area (Å²) in [6, 6.07) is 27.1. The van der Waals surface area contributed by atoms with Gasteiger partial charge in [0.1, 0.15) is 5.76 Å². The molecule has 1 radical (unpaired) electrons. The van der Waals surface area contributed by atoms with Gasteiger partial charge in [-0.25, -0.2) is 0 Å².